The summed E-state index contributed by atoms with van der Waals surface area (Å²) in [5.74, 6) is 1.09. The van der Waals surface area contributed by atoms with Gasteiger partial charge in [0.05, 0.1) is 41.0 Å². The van der Waals surface area contributed by atoms with Crippen molar-refractivity contribution in [1.29, 1.82) is 5.26 Å². The molecule has 0 amide bonds. The molecule has 2 fully saturated rings. The number of carboxylic acid groups (broad SMARTS) is 1. The average Bonchev–Trinajstić information content (AvgIpc) is 3.73. The lowest BCUT2D eigenvalue weighted by molar-refractivity contribution is 0.0697. The fourth-order valence-corrected chi connectivity index (χ4v) is 6.21. The monoisotopic (exact) mass is 593 g/mol. The summed E-state index contributed by atoms with van der Waals surface area (Å²) in [7, 11) is 0. The number of rotatable bonds is 9. The van der Waals surface area contributed by atoms with Gasteiger partial charge in [0, 0.05) is 36.8 Å². The Morgan fingerprint density at radius 3 is 2.66 bits per heavy atom. The third-order valence-corrected chi connectivity index (χ3v) is 8.40. The molecule has 5 heterocycles. The Labute approximate surface area is 251 Å². The maximum absolute atomic E-state index is 14.3. The molecule has 222 valence electrons. The normalized spacial score (nSPS) is 18.0. The van der Waals surface area contributed by atoms with E-state index in [0.29, 0.717) is 30.4 Å². The zero-order valence-corrected chi connectivity index (χ0v) is 23.6. The number of aromatic nitrogens is 4. The van der Waals surface area contributed by atoms with Crippen LogP contribution in [-0.2, 0) is 19.7 Å². The van der Waals surface area contributed by atoms with E-state index in [1.807, 2.05) is 22.8 Å². The molecule has 44 heavy (non-hydrogen) atoms. The minimum Gasteiger partial charge on any atom is -0.478 e. The van der Waals surface area contributed by atoms with E-state index in [1.54, 1.807) is 42.6 Å². The smallest absolute Gasteiger partial charge is 0.335 e. The third kappa shape index (κ3) is 5.33. The van der Waals surface area contributed by atoms with Crippen LogP contribution in [0.2, 0.25) is 0 Å². The van der Waals surface area contributed by atoms with Gasteiger partial charge in [0.2, 0.25) is 11.8 Å². The van der Waals surface area contributed by atoms with Crippen molar-refractivity contribution in [3.8, 4) is 11.9 Å². The number of anilines is 1. The first kappa shape index (κ1) is 27.5. The molecule has 1 N–H and O–H groups in total. The van der Waals surface area contributed by atoms with Crippen molar-refractivity contribution in [2.24, 2.45) is 0 Å². The van der Waals surface area contributed by atoms with Gasteiger partial charge in [0.15, 0.2) is 0 Å². The van der Waals surface area contributed by atoms with Crippen LogP contribution in [0.15, 0.2) is 71.5 Å². The number of nitriles is 1. The second-order valence-electron chi connectivity index (χ2n) is 11.1. The van der Waals surface area contributed by atoms with Gasteiger partial charge in [-0.05, 0) is 49.2 Å². The highest BCUT2D eigenvalue weighted by molar-refractivity contribution is 5.92. The number of fused-ring (bicyclic) bond motifs is 3. The molecule has 2 bridgehead atoms. The molecule has 12 heteroatoms. The SMILES string of the molecule is N#Cc1ccc(COc2cccc(N3CC4CCC(C3)N4Cc3nc4ccc(C(=O)O)cc4n3Cc3ncco3)n2)c(F)c1. The number of hydrogen-bond donors (Lipinski definition) is 1. The Hall–Kier alpha value is -5.28. The van der Waals surface area contributed by atoms with Gasteiger partial charge < -0.3 is 23.7 Å². The number of oxazole rings is 1. The van der Waals surface area contributed by atoms with Crippen LogP contribution in [0.25, 0.3) is 11.0 Å². The van der Waals surface area contributed by atoms with Gasteiger partial charge in [-0.1, -0.05) is 12.1 Å². The fourth-order valence-electron chi connectivity index (χ4n) is 6.21. The maximum atomic E-state index is 14.3. The minimum atomic E-state index is -0.990. The Balaban J connectivity index is 1.08. The molecule has 0 radical (unpaired) electrons. The molecule has 2 unspecified atom stereocenters. The van der Waals surface area contributed by atoms with Crippen molar-refractivity contribution in [3.63, 3.8) is 0 Å². The Morgan fingerprint density at radius 1 is 1.09 bits per heavy atom. The fraction of sp³-hybridized carbons (Fsp3) is 0.281. The zero-order valence-electron chi connectivity index (χ0n) is 23.6. The average molecular weight is 594 g/mol. The Morgan fingerprint density at radius 2 is 1.93 bits per heavy atom. The number of nitrogens with zero attached hydrogens (tertiary/aromatic N) is 7. The molecular formula is C32H28FN7O4. The topological polar surface area (TPSA) is 134 Å². The number of carboxylic acids is 1. The molecule has 2 aliphatic rings. The van der Waals surface area contributed by atoms with Crippen LogP contribution in [0.4, 0.5) is 10.2 Å². The standard InChI is InChI=1S/C32H28FN7O4/c33-25-12-20(14-34)4-5-22(25)19-44-30-3-1-2-28(37-30)38-15-23-7-8-24(16-38)39(23)17-29-36-26-9-6-21(32(41)42)13-27(26)40(29)18-31-35-10-11-43-31/h1-6,9-13,23-24H,7-8,15-19H2,(H,41,42). The highest BCUT2D eigenvalue weighted by Crippen LogP contribution is 2.34. The maximum Gasteiger partial charge on any atom is 0.335 e. The van der Waals surface area contributed by atoms with E-state index in [4.69, 9.17) is 24.4 Å². The summed E-state index contributed by atoms with van der Waals surface area (Å²) in [6.07, 6.45) is 5.20. The first-order valence-corrected chi connectivity index (χ1v) is 14.3. The lowest BCUT2D eigenvalue weighted by atomic mass is 10.1. The quantitative estimate of drug-likeness (QED) is 0.258. The molecule has 3 aromatic heterocycles. The number of benzene rings is 2. The highest BCUT2D eigenvalue weighted by Gasteiger charge is 2.41. The number of carbonyl (C=O) groups is 1. The lowest BCUT2D eigenvalue weighted by Gasteiger charge is -2.41. The molecule has 5 aromatic rings. The molecule has 0 aliphatic carbocycles. The van der Waals surface area contributed by atoms with Crippen LogP contribution in [-0.4, -0.2) is 60.7 Å². The van der Waals surface area contributed by atoms with Crippen LogP contribution in [0.3, 0.4) is 0 Å². The van der Waals surface area contributed by atoms with E-state index in [2.05, 4.69) is 14.8 Å². The molecule has 2 atom stereocenters. The first-order valence-electron chi connectivity index (χ1n) is 14.3. The van der Waals surface area contributed by atoms with Crippen LogP contribution in [0.5, 0.6) is 5.88 Å². The van der Waals surface area contributed by atoms with E-state index in [-0.39, 0.29) is 29.8 Å². The molecule has 7 rings (SSSR count). The van der Waals surface area contributed by atoms with Gasteiger partial charge in [0.1, 0.15) is 36.9 Å². The molecule has 0 spiro atoms. The first-order chi connectivity index (χ1) is 21.4. The molecular weight excluding hydrogens is 565 g/mol. The van der Waals surface area contributed by atoms with Crippen LogP contribution < -0.4 is 9.64 Å². The molecule has 11 nitrogen and oxygen atoms in total. The predicted octanol–water partition coefficient (Wildman–Crippen LogP) is 4.61. The third-order valence-electron chi connectivity index (χ3n) is 8.40. The van der Waals surface area contributed by atoms with Crippen molar-refractivity contribution in [3.05, 3.63) is 101 Å². The number of ether oxygens (including phenoxy) is 1. The minimum absolute atomic E-state index is 0.00943. The summed E-state index contributed by atoms with van der Waals surface area (Å²) >= 11 is 0. The van der Waals surface area contributed by atoms with E-state index < -0.39 is 11.8 Å². The summed E-state index contributed by atoms with van der Waals surface area (Å²) in [5.41, 5.74) is 2.28. The number of hydrogen-bond acceptors (Lipinski definition) is 9. The molecule has 2 aliphatic heterocycles. The Kier molecular flexibility index (Phi) is 7.15. The molecule has 2 saturated heterocycles. The van der Waals surface area contributed by atoms with E-state index in [1.165, 1.54) is 12.3 Å². The van der Waals surface area contributed by atoms with Crippen molar-refractivity contribution >= 4 is 22.8 Å². The Bertz CT molecular complexity index is 1870. The highest BCUT2D eigenvalue weighted by atomic mass is 19.1. The van der Waals surface area contributed by atoms with Crippen molar-refractivity contribution in [2.75, 3.05) is 18.0 Å². The van der Waals surface area contributed by atoms with Gasteiger partial charge in [0.25, 0.3) is 0 Å². The van der Waals surface area contributed by atoms with Crippen molar-refractivity contribution in [1.82, 2.24) is 24.4 Å². The zero-order chi connectivity index (χ0) is 30.2. The lowest BCUT2D eigenvalue weighted by Crippen LogP contribution is -2.53. The van der Waals surface area contributed by atoms with E-state index in [9.17, 15) is 14.3 Å². The second-order valence-corrected chi connectivity index (χ2v) is 11.1. The number of piperazine rings is 1. The van der Waals surface area contributed by atoms with Crippen LogP contribution >= 0.6 is 0 Å². The second kappa shape index (κ2) is 11.4. The molecule has 2 aromatic carbocycles. The van der Waals surface area contributed by atoms with Gasteiger partial charge in [-0.25, -0.2) is 19.2 Å². The summed E-state index contributed by atoms with van der Waals surface area (Å²) in [6, 6.07) is 17.4. The van der Waals surface area contributed by atoms with Crippen LogP contribution in [0.1, 0.15) is 46.0 Å². The van der Waals surface area contributed by atoms with E-state index >= 15 is 0 Å². The van der Waals surface area contributed by atoms with Crippen molar-refractivity contribution < 1.29 is 23.4 Å². The number of pyridine rings is 1. The van der Waals surface area contributed by atoms with Crippen molar-refractivity contribution in [2.45, 2.75) is 44.6 Å². The summed E-state index contributed by atoms with van der Waals surface area (Å²) < 4.78 is 27.7. The van der Waals surface area contributed by atoms with Gasteiger partial charge >= 0.3 is 5.97 Å². The van der Waals surface area contributed by atoms with Gasteiger partial charge in [-0.2, -0.15) is 10.2 Å². The van der Waals surface area contributed by atoms with Gasteiger partial charge in [-0.15, -0.1) is 0 Å². The molecule has 0 saturated carbocycles. The number of halogens is 1. The summed E-state index contributed by atoms with van der Waals surface area (Å²) in [5, 5.41) is 18.5. The summed E-state index contributed by atoms with van der Waals surface area (Å²) in [4.78, 5) is 30.3. The number of aromatic carboxylic acids is 1. The predicted molar refractivity (Wildman–Crippen MR) is 157 cm³/mol. The van der Waals surface area contributed by atoms with Crippen LogP contribution in [0, 0.1) is 17.1 Å². The van der Waals surface area contributed by atoms with Gasteiger partial charge in [-0.3, -0.25) is 4.90 Å². The van der Waals surface area contributed by atoms with E-state index in [0.717, 1.165) is 48.6 Å². The number of imidazole rings is 1. The largest absolute Gasteiger partial charge is 0.478 e. The summed E-state index contributed by atoms with van der Waals surface area (Å²) in [6.45, 7) is 2.52.